The van der Waals surface area contributed by atoms with Crippen LogP contribution in [0, 0.1) is 12.8 Å². The Labute approximate surface area is 110 Å². The molecule has 1 saturated heterocycles. The second kappa shape index (κ2) is 5.85. The number of hydrogen-bond donors (Lipinski definition) is 2. The average molecular weight is 250 g/mol. The van der Waals surface area contributed by atoms with Gasteiger partial charge >= 0.3 is 0 Å². The summed E-state index contributed by atoms with van der Waals surface area (Å²) in [5.74, 6) is 1.80. The van der Waals surface area contributed by atoms with Crippen molar-refractivity contribution in [3.8, 4) is 0 Å². The van der Waals surface area contributed by atoms with Gasteiger partial charge in [-0.05, 0) is 26.3 Å². The van der Waals surface area contributed by atoms with Crippen molar-refractivity contribution in [3.63, 3.8) is 0 Å². The van der Waals surface area contributed by atoms with Crippen LogP contribution in [0.25, 0.3) is 0 Å². The number of H-pyrrole nitrogens is 1. The number of piperazine rings is 1. The van der Waals surface area contributed by atoms with Gasteiger partial charge in [-0.3, -0.25) is 0 Å². The van der Waals surface area contributed by atoms with Crippen molar-refractivity contribution in [2.75, 3.05) is 26.7 Å². The molecule has 18 heavy (non-hydrogen) atoms. The molecule has 4 nitrogen and oxygen atoms in total. The summed E-state index contributed by atoms with van der Waals surface area (Å²) in [6, 6.07) is 0.529. The summed E-state index contributed by atoms with van der Waals surface area (Å²) in [5, 5.41) is 3.57. The van der Waals surface area contributed by atoms with Gasteiger partial charge < -0.3 is 15.2 Å². The fourth-order valence-corrected chi connectivity index (χ4v) is 2.61. The number of imidazole rings is 1. The number of nitrogens with one attached hydrogen (secondary N) is 2. The Hall–Kier alpha value is -0.870. The van der Waals surface area contributed by atoms with E-state index in [1.807, 2.05) is 0 Å². The minimum absolute atomic E-state index is 0.529. The van der Waals surface area contributed by atoms with E-state index in [1.165, 1.54) is 11.4 Å². The number of nitrogens with zero attached hydrogens (tertiary/aromatic N) is 2. The minimum Gasteiger partial charge on any atom is -0.346 e. The lowest BCUT2D eigenvalue weighted by atomic mass is 10.1. The van der Waals surface area contributed by atoms with E-state index in [4.69, 9.17) is 4.98 Å². The molecule has 4 heteroatoms. The van der Waals surface area contributed by atoms with Crippen LogP contribution in [-0.4, -0.2) is 47.6 Å². The third-order valence-electron chi connectivity index (χ3n) is 3.53. The van der Waals surface area contributed by atoms with Crippen molar-refractivity contribution in [1.29, 1.82) is 0 Å². The van der Waals surface area contributed by atoms with Crippen LogP contribution >= 0.6 is 0 Å². The van der Waals surface area contributed by atoms with Gasteiger partial charge in [0.05, 0.1) is 5.69 Å². The Bertz CT molecular complexity index is 383. The number of aromatic nitrogens is 2. The molecule has 1 atom stereocenters. The molecule has 1 aromatic rings. The summed E-state index contributed by atoms with van der Waals surface area (Å²) in [4.78, 5) is 10.6. The van der Waals surface area contributed by atoms with Crippen LogP contribution in [0.2, 0.25) is 0 Å². The first-order chi connectivity index (χ1) is 8.54. The van der Waals surface area contributed by atoms with Crippen molar-refractivity contribution in [3.05, 3.63) is 17.2 Å². The Morgan fingerprint density at radius 1 is 1.44 bits per heavy atom. The number of rotatable bonds is 4. The molecule has 2 heterocycles. The van der Waals surface area contributed by atoms with Gasteiger partial charge in [-0.25, -0.2) is 4.98 Å². The molecule has 1 unspecified atom stereocenters. The van der Waals surface area contributed by atoms with Crippen LogP contribution < -0.4 is 5.32 Å². The van der Waals surface area contributed by atoms with E-state index in [9.17, 15) is 0 Å². The normalized spacial score (nSPS) is 21.7. The molecule has 0 spiro atoms. The zero-order chi connectivity index (χ0) is 13.1. The van der Waals surface area contributed by atoms with E-state index in [0.717, 1.165) is 38.3 Å². The van der Waals surface area contributed by atoms with Gasteiger partial charge in [0.15, 0.2) is 0 Å². The Morgan fingerprint density at radius 3 is 2.89 bits per heavy atom. The van der Waals surface area contributed by atoms with Crippen molar-refractivity contribution >= 4 is 0 Å². The molecule has 2 rings (SSSR count). The van der Waals surface area contributed by atoms with Crippen LogP contribution in [0.1, 0.15) is 31.1 Å². The van der Waals surface area contributed by atoms with Crippen LogP contribution in [0.4, 0.5) is 0 Å². The van der Waals surface area contributed by atoms with E-state index in [1.54, 1.807) is 0 Å². The average Bonchev–Trinajstić information content (AvgIpc) is 2.58. The molecular weight excluding hydrogens is 224 g/mol. The van der Waals surface area contributed by atoms with E-state index in [0.29, 0.717) is 12.0 Å². The van der Waals surface area contributed by atoms with Gasteiger partial charge in [0, 0.05) is 37.8 Å². The Balaban J connectivity index is 1.96. The van der Waals surface area contributed by atoms with Gasteiger partial charge in [-0.2, -0.15) is 0 Å². The molecule has 1 aliphatic heterocycles. The number of aryl methyl sites for hydroxylation is 1. The van der Waals surface area contributed by atoms with Crippen LogP contribution in [0.15, 0.2) is 0 Å². The molecule has 0 saturated carbocycles. The molecule has 0 bridgehead atoms. The van der Waals surface area contributed by atoms with Gasteiger partial charge in [0.1, 0.15) is 5.82 Å². The first-order valence-electron chi connectivity index (χ1n) is 7.01. The molecule has 1 aromatic heterocycles. The molecule has 0 aliphatic carbocycles. The number of aromatic amines is 1. The lowest BCUT2D eigenvalue weighted by Gasteiger charge is -2.30. The van der Waals surface area contributed by atoms with Gasteiger partial charge in [-0.1, -0.05) is 13.8 Å². The predicted molar refractivity (Wildman–Crippen MR) is 74.9 cm³/mol. The Kier molecular flexibility index (Phi) is 4.40. The summed E-state index contributed by atoms with van der Waals surface area (Å²) >= 11 is 0. The maximum atomic E-state index is 4.76. The SMILES string of the molecule is Cc1[nH]c(CC2CN(C)CCN2)nc1CC(C)C. The zero-order valence-corrected chi connectivity index (χ0v) is 12.1. The van der Waals surface area contributed by atoms with Crippen molar-refractivity contribution in [1.82, 2.24) is 20.2 Å². The fraction of sp³-hybridized carbons (Fsp3) is 0.786. The first-order valence-corrected chi connectivity index (χ1v) is 7.01. The van der Waals surface area contributed by atoms with Crippen LogP contribution in [0.3, 0.4) is 0 Å². The van der Waals surface area contributed by atoms with E-state index in [2.05, 4.69) is 43.0 Å². The van der Waals surface area contributed by atoms with Crippen molar-refractivity contribution in [2.24, 2.45) is 5.92 Å². The number of likely N-dealkylation sites (N-methyl/N-ethyl adjacent to an activating group) is 1. The second-order valence-corrected chi connectivity index (χ2v) is 5.97. The van der Waals surface area contributed by atoms with Crippen molar-refractivity contribution in [2.45, 2.75) is 39.7 Å². The molecular formula is C14H26N4. The summed E-state index contributed by atoms with van der Waals surface area (Å²) < 4.78 is 0. The highest BCUT2D eigenvalue weighted by Crippen LogP contribution is 2.12. The van der Waals surface area contributed by atoms with Crippen molar-refractivity contribution < 1.29 is 0 Å². The van der Waals surface area contributed by atoms with Gasteiger partial charge in [0.25, 0.3) is 0 Å². The zero-order valence-electron chi connectivity index (χ0n) is 12.1. The van der Waals surface area contributed by atoms with Gasteiger partial charge in [-0.15, -0.1) is 0 Å². The summed E-state index contributed by atoms with van der Waals surface area (Å²) in [7, 11) is 2.19. The third kappa shape index (κ3) is 3.56. The first kappa shape index (κ1) is 13.6. The van der Waals surface area contributed by atoms with E-state index < -0.39 is 0 Å². The standard InChI is InChI=1S/C14H26N4/c1-10(2)7-13-11(3)16-14(17-13)8-12-9-18(4)6-5-15-12/h10,12,15H,5-9H2,1-4H3,(H,16,17). The predicted octanol–water partition coefficient (Wildman–Crippen LogP) is 1.36. The molecule has 0 amide bonds. The highest BCUT2D eigenvalue weighted by Gasteiger charge is 2.18. The quantitative estimate of drug-likeness (QED) is 0.848. The van der Waals surface area contributed by atoms with E-state index >= 15 is 0 Å². The smallest absolute Gasteiger partial charge is 0.108 e. The summed E-state index contributed by atoms with van der Waals surface area (Å²) in [6.07, 6.45) is 2.07. The minimum atomic E-state index is 0.529. The maximum absolute atomic E-state index is 4.76. The lowest BCUT2D eigenvalue weighted by Crippen LogP contribution is -2.50. The van der Waals surface area contributed by atoms with Gasteiger partial charge in [0.2, 0.25) is 0 Å². The second-order valence-electron chi connectivity index (χ2n) is 5.97. The fourth-order valence-electron chi connectivity index (χ4n) is 2.61. The molecule has 2 N–H and O–H groups in total. The largest absolute Gasteiger partial charge is 0.346 e. The Morgan fingerprint density at radius 2 is 2.22 bits per heavy atom. The third-order valence-corrected chi connectivity index (χ3v) is 3.53. The topological polar surface area (TPSA) is 44.0 Å². The molecule has 1 aliphatic rings. The summed E-state index contributed by atoms with van der Waals surface area (Å²) in [5.41, 5.74) is 2.48. The molecule has 102 valence electrons. The highest BCUT2D eigenvalue weighted by atomic mass is 15.2. The van der Waals surface area contributed by atoms with E-state index in [-0.39, 0.29) is 0 Å². The molecule has 1 fully saturated rings. The molecule has 0 aromatic carbocycles. The maximum Gasteiger partial charge on any atom is 0.108 e. The molecule has 0 radical (unpaired) electrons. The van der Waals surface area contributed by atoms with Crippen LogP contribution in [0.5, 0.6) is 0 Å². The number of hydrogen-bond acceptors (Lipinski definition) is 3. The lowest BCUT2D eigenvalue weighted by molar-refractivity contribution is 0.236. The summed E-state index contributed by atoms with van der Waals surface area (Å²) in [6.45, 7) is 9.96. The monoisotopic (exact) mass is 250 g/mol. The highest BCUT2D eigenvalue weighted by molar-refractivity contribution is 5.14. The van der Waals surface area contributed by atoms with Crippen LogP contribution in [-0.2, 0) is 12.8 Å².